The Balaban J connectivity index is 1.44. The van der Waals surface area contributed by atoms with E-state index in [0.717, 1.165) is 15.6 Å². The van der Waals surface area contributed by atoms with Crippen LogP contribution in [0.25, 0.3) is 10.1 Å². The molecule has 4 aromatic rings. The van der Waals surface area contributed by atoms with Gasteiger partial charge in [-0.05, 0) is 59.5 Å². The Kier molecular flexibility index (Phi) is 5.86. The maximum atomic E-state index is 12.6. The average Bonchev–Trinajstić information content (AvgIpc) is 3.22. The lowest BCUT2D eigenvalue weighted by atomic mass is 10.1. The molecule has 0 spiro atoms. The highest BCUT2D eigenvalue weighted by atomic mass is 32.1. The molecule has 4 N–H and O–H groups in total. The number of carbonyl (C=O) groups excluding carboxylic acids is 2. The van der Waals surface area contributed by atoms with Gasteiger partial charge >= 0.3 is 0 Å². The number of hydrogen-bond donors (Lipinski definition) is 3. The molecule has 0 aliphatic rings. The number of fused-ring (bicyclic) bond motifs is 1. The highest BCUT2D eigenvalue weighted by Crippen LogP contribution is 2.28. The molecule has 0 saturated carbocycles. The molecule has 3 aromatic carbocycles. The summed E-state index contributed by atoms with van der Waals surface area (Å²) in [6.07, 6.45) is 0. The Morgan fingerprint density at radius 3 is 2.48 bits per heavy atom. The molecule has 31 heavy (non-hydrogen) atoms. The van der Waals surface area contributed by atoms with Crippen LogP contribution >= 0.6 is 11.3 Å². The fourth-order valence-corrected chi connectivity index (χ4v) is 4.14. The second kappa shape index (κ2) is 8.89. The van der Waals surface area contributed by atoms with E-state index in [9.17, 15) is 9.59 Å². The molecule has 1 heterocycles. The molecule has 0 unspecified atom stereocenters. The number of carbonyl (C=O) groups is 2. The average molecular weight is 432 g/mol. The van der Waals surface area contributed by atoms with E-state index in [4.69, 9.17) is 10.5 Å². The Morgan fingerprint density at radius 2 is 1.74 bits per heavy atom. The molecular formula is C24H21N3O3S. The van der Waals surface area contributed by atoms with Crippen LogP contribution in [0.5, 0.6) is 5.75 Å². The van der Waals surface area contributed by atoms with Crippen molar-refractivity contribution in [3.63, 3.8) is 0 Å². The summed E-state index contributed by atoms with van der Waals surface area (Å²) in [4.78, 5) is 25.6. The lowest BCUT2D eigenvalue weighted by Crippen LogP contribution is -2.22. The van der Waals surface area contributed by atoms with E-state index < -0.39 is 0 Å². The van der Waals surface area contributed by atoms with Crippen molar-refractivity contribution in [2.24, 2.45) is 0 Å². The van der Waals surface area contributed by atoms with E-state index in [1.54, 1.807) is 43.5 Å². The normalized spacial score (nSPS) is 10.6. The van der Waals surface area contributed by atoms with Crippen LogP contribution in [0.15, 0.2) is 72.8 Å². The van der Waals surface area contributed by atoms with Crippen molar-refractivity contribution in [3.05, 3.63) is 88.8 Å². The van der Waals surface area contributed by atoms with Crippen LogP contribution in [0, 0.1) is 0 Å². The molecule has 0 atom stereocenters. The molecular weight excluding hydrogens is 410 g/mol. The van der Waals surface area contributed by atoms with Gasteiger partial charge in [-0.25, -0.2) is 0 Å². The largest absolute Gasteiger partial charge is 0.497 e. The third-order valence-electron chi connectivity index (χ3n) is 4.82. The van der Waals surface area contributed by atoms with Crippen LogP contribution in [0.3, 0.4) is 0 Å². The Labute approximate surface area is 183 Å². The quantitative estimate of drug-likeness (QED) is 0.387. The monoisotopic (exact) mass is 431 g/mol. The SMILES string of the molecule is COc1ccc(C(=O)NCc2ccc3cc(C(=O)Nc4ccccc4N)sc3c2)cc1. The van der Waals surface area contributed by atoms with Crippen LogP contribution in [-0.2, 0) is 6.54 Å². The van der Waals surface area contributed by atoms with Gasteiger partial charge in [-0.15, -0.1) is 11.3 Å². The molecule has 0 saturated heterocycles. The summed E-state index contributed by atoms with van der Waals surface area (Å²) < 4.78 is 6.09. The second-order valence-electron chi connectivity index (χ2n) is 6.94. The van der Waals surface area contributed by atoms with Gasteiger partial charge in [-0.2, -0.15) is 0 Å². The number of hydrogen-bond acceptors (Lipinski definition) is 5. The number of anilines is 2. The van der Waals surface area contributed by atoms with Crippen LogP contribution in [0.2, 0.25) is 0 Å². The maximum absolute atomic E-state index is 12.6. The van der Waals surface area contributed by atoms with E-state index in [-0.39, 0.29) is 11.8 Å². The van der Waals surface area contributed by atoms with Crippen molar-refractivity contribution in [1.29, 1.82) is 0 Å². The van der Waals surface area contributed by atoms with Crippen molar-refractivity contribution >= 4 is 44.6 Å². The Hall–Kier alpha value is -3.84. The molecule has 4 rings (SSSR count). The number of nitrogens with one attached hydrogen (secondary N) is 2. The van der Waals surface area contributed by atoms with Crippen molar-refractivity contribution in [3.8, 4) is 5.75 Å². The lowest BCUT2D eigenvalue weighted by Gasteiger charge is -2.06. The molecule has 0 radical (unpaired) electrons. The van der Waals surface area contributed by atoms with Gasteiger partial charge in [0.15, 0.2) is 0 Å². The number of amides is 2. The molecule has 6 nitrogen and oxygen atoms in total. The van der Waals surface area contributed by atoms with Gasteiger partial charge in [0.2, 0.25) is 0 Å². The second-order valence-corrected chi connectivity index (χ2v) is 8.02. The van der Waals surface area contributed by atoms with E-state index in [1.165, 1.54) is 11.3 Å². The number of benzene rings is 3. The van der Waals surface area contributed by atoms with Crippen LogP contribution in [0.4, 0.5) is 11.4 Å². The number of nitrogen functional groups attached to an aromatic ring is 1. The molecule has 1 aromatic heterocycles. The number of nitrogens with two attached hydrogens (primary N) is 1. The number of thiophene rings is 1. The number of methoxy groups -OCH3 is 1. The smallest absolute Gasteiger partial charge is 0.265 e. The number of para-hydroxylation sites is 2. The van der Waals surface area contributed by atoms with Gasteiger partial charge in [-0.3, -0.25) is 9.59 Å². The van der Waals surface area contributed by atoms with Crippen molar-refractivity contribution in [2.45, 2.75) is 6.54 Å². The minimum atomic E-state index is -0.201. The summed E-state index contributed by atoms with van der Waals surface area (Å²) in [5, 5.41) is 6.74. The maximum Gasteiger partial charge on any atom is 0.265 e. The van der Waals surface area contributed by atoms with Gasteiger partial charge in [-0.1, -0.05) is 24.3 Å². The molecule has 2 amide bonds. The zero-order valence-corrected chi connectivity index (χ0v) is 17.7. The van der Waals surface area contributed by atoms with Gasteiger partial charge in [0.05, 0.1) is 23.4 Å². The number of ether oxygens (including phenoxy) is 1. The van der Waals surface area contributed by atoms with Crippen LogP contribution in [0.1, 0.15) is 25.6 Å². The fourth-order valence-electron chi connectivity index (χ4n) is 3.12. The first-order valence-corrected chi connectivity index (χ1v) is 10.5. The standard InChI is InChI=1S/C24H21N3O3S/c1-30-18-10-8-16(9-11-18)23(28)26-14-15-6-7-17-13-22(31-21(17)12-15)24(29)27-20-5-3-2-4-19(20)25/h2-13H,14,25H2,1H3,(H,26,28)(H,27,29). The van der Waals surface area contributed by atoms with E-state index in [0.29, 0.717) is 34.1 Å². The van der Waals surface area contributed by atoms with E-state index in [1.807, 2.05) is 36.4 Å². The van der Waals surface area contributed by atoms with Gasteiger partial charge in [0.25, 0.3) is 11.8 Å². The van der Waals surface area contributed by atoms with Crippen molar-refractivity contribution in [1.82, 2.24) is 5.32 Å². The highest BCUT2D eigenvalue weighted by Gasteiger charge is 2.12. The Bertz CT molecular complexity index is 1250. The minimum absolute atomic E-state index is 0.158. The third kappa shape index (κ3) is 4.67. The number of rotatable bonds is 6. The predicted octanol–water partition coefficient (Wildman–Crippen LogP) is 4.67. The topological polar surface area (TPSA) is 93.4 Å². The molecule has 0 fully saturated rings. The summed E-state index contributed by atoms with van der Waals surface area (Å²) >= 11 is 1.40. The molecule has 7 heteroatoms. The highest BCUT2D eigenvalue weighted by molar-refractivity contribution is 7.20. The molecule has 156 valence electrons. The first-order valence-electron chi connectivity index (χ1n) is 9.64. The van der Waals surface area contributed by atoms with Gasteiger partial charge in [0, 0.05) is 16.8 Å². The zero-order chi connectivity index (χ0) is 21.8. The summed E-state index contributed by atoms with van der Waals surface area (Å²) in [6, 6.07) is 21.8. The first kappa shape index (κ1) is 20.4. The lowest BCUT2D eigenvalue weighted by molar-refractivity contribution is 0.0950. The van der Waals surface area contributed by atoms with Crippen LogP contribution in [-0.4, -0.2) is 18.9 Å². The molecule has 0 aliphatic carbocycles. The van der Waals surface area contributed by atoms with Crippen molar-refractivity contribution < 1.29 is 14.3 Å². The van der Waals surface area contributed by atoms with Gasteiger partial charge in [0.1, 0.15) is 5.75 Å². The first-order chi connectivity index (χ1) is 15.0. The molecule has 0 aliphatic heterocycles. The Morgan fingerprint density at radius 1 is 0.968 bits per heavy atom. The summed E-state index contributed by atoms with van der Waals surface area (Å²) in [5.74, 6) is 0.345. The molecule has 0 bridgehead atoms. The van der Waals surface area contributed by atoms with Crippen LogP contribution < -0.4 is 21.1 Å². The fraction of sp³-hybridized carbons (Fsp3) is 0.0833. The summed E-state index contributed by atoms with van der Waals surface area (Å²) in [6.45, 7) is 0.390. The summed E-state index contributed by atoms with van der Waals surface area (Å²) in [5.41, 5.74) is 8.53. The predicted molar refractivity (Wildman–Crippen MR) is 125 cm³/mol. The summed E-state index contributed by atoms with van der Waals surface area (Å²) in [7, 11) is 1.59. The minimum Gasteiger partial charge on any atom is -0.497 e. The van der Waals surface area contributed by atoms with Gasteiger partial charge < -0.3 is 21.1 Å². The van der Waals surface area contributed by atoms with E-state index in [2.05, 4.69) is 10.6 Å². The third-order valence-corrected chi connectivity index (χ3v) is 5.92. The zero-order valence-electron chi connectivity index (χ0n) is 16.8. The van der Waals surface area contributed by atoms with E-state index >= 15 is 0 Å². The van der Waals surface area contributed by atoms with Crippen molar-refractivity contribution in [2.75, 3.05) is 18.2 Å².